The molecule has 0 fully saturated rings. The molecule has 1 aliphatic rings. The second kappa shape index (κ2) is 8.39. The number of H-pyrrole nitrogens is 1. The molecule has 31 heavy (non-hydrogen) atoms. The second-order valence-electron chi connectivity index (χ2n) is 8.47. The minimum Gasteiger partial charge on any atom is -0.356 e. The van der Waals surface area contributed by atoms with Gasteiger partial charge in [-0.2, -0.15) is 8.42 Å². The summed E-state index contributed by atoms with van der Waals surface area (Å²) in [5.41, 5.74) is 3.75. The Morgan fingerprint density at radius 2 is 1.94 bits per heavy atom. The van der Waals surface area contributed by atoms with Gasteiger partial charge >= 0.3 is 0 Å². The Labute approximate surface area is 187 Å². The minimum atomic E-state index is -3.62. The number of halogens is 1. The van der Waals surface area contributed by atoms with Gasteiger partial charge in [-0.3, -0.25) is 8.98 Å². The van der Waals surface area contributed by atoms with Crippen molar-refractivity contribution < 1.29 is 17.4 Å². The lowest BCUT2D eigenvalue weighted by atomic mass is 9.84. The summed E-state index contributed by atoms with van der Waals surface area (Å²) in [6.07, 6.45) is 1.90. The lowest BCUT2D eigenvalue weighted by molar-refractivity contribution is 0.103. The Kier molecular flexibility index (Phi) is 5.96. The van der Waals surface area contributed by atoms with Gasteiger partial charge in [0.1, 0.15) is 6.10 Å². The van der Waals surface area contributed by atoms with Gasteiger partial charge in [0.25, 0.3) is 10.1 Å². The van der Waals surface area contributed by atoms with Gasteiger partial charge in [-0.25, -0.2) is 0 Å². The van der Waals surface area contributed by atoms with Gasteiger partial charge in [-0.05, 0) is 68.8 Å². The van der Waals surface area contributed by atoms with E-state index in [4.69, 9.17) is 15.8 Å². The van der Waals surface area contributed by atoms with Gasteiger partial charge in [0.05, 0.1) is 6.26 Å². The molecule has 0 amide bonds. The van der Waals surface area contributed by atoms with Crippen LogP contribution in [0.5, 0.6) is 0 Å². The van der Waals surface area contributed by atoms with E-state index in [2.05, 4.69) is 9.88 Å². The average molecular weight is 461 g/mol. The Morgan fingerprint density at radius 1 is 1.19 bits per heavy atom. The molecule has 0 radical (unpaired) electrons. The van der Waals surface area contributed by atoms with Crippen LogP contribution < -0.4 is 0 Å². The second-order valence-corrected chi connectivity index (χ2v) is 10.5. The summed E-state index contributed by atoms with van der Waals surface area (Å²) in [4.78, 5) is 18.4. The maximum atomic E-state index is 13.0. The topological polar surface area (TPSA) is 79.5 Å². The third-order valence-electron chi connectivity index (χ3n) is 5.56. The first-order chi connectivity index (χ1) is 14.6. The molecular formula is C23H25ClN2O4S. The molecule has 164 valence electrons. The zero-order chi connectivity index (χ0) is 22.3. The van der Waals surface area contributed by atoms with Crippen LogP contribution in [0.2, 0.25) is 5.02 Å². The SMILES string of the molecule is CN(C)CC1Cc2c([nH]c3ccc(C(=O)c4cccc(Cl)c4)cc23)C(OS(C)(=O)=O)C1. The zero-order valence-corrected chi connectivity index (χ0v) is 19.3. The first kappa shape index (κ1) is 22.0. The smallest absolute Gasteiger partial charge is 0.265 e. The van der Waals surface area contributed by atoms with Crippen LogP contribution in [0.4, 0.5) is 0 Å². The maximum Gasteiger partial charge on any atom is 0.265 e. The lowest BCUT2D eigenvalue weighted by Gasteiger charge is -2.30. The standard InChI is InChI=1S/C23H25ClN2O4S/c1-26(2)13-14-9-19-18-12-16(23(27)15-5-4-6-17(24)11-15)7-8-20(18)25-22(19)21(10-14)30-31(3,28)29/h4-8,11-12,14,21,25H,9-10,13H2,1-3H3. The van der Waals surface area contributed by atoms with Crippen LogP contribution in [0.1, 0.15) is 39.7 Å². The number of benzene rings is 2. The summed E-state index contributed by atoms with van der Waals surface area (Å²) >= 11 is 6.05. The Morgan fingerprint density at radius 3 is 2.61 bits per heavy atom. The van der Waals surface area contributed by atoms with Crippen molar-refractivity contribution in [2.75, 3.05) is 26.9 Å². The first-order valence-corrected chi connectivity index (χ1v) is 12.3. The fourth-order valence-electron chi connectivity index (χ4n) is 4.45. The molecule has 8 heteroatoms. The molecule has 2 unspecified atom stereocenters. The van der Waals surface area contributed by atoms with Crippen molar-refractivity contribution in [1.29, 1.82) is 0 Å². The molecule has 1 aromatic heterocycles. The number of aromatic amines is 1. The number of fused-ring (bicyclic) bond motifs is 3. The molecule has 4 rings (SSSR count). The number of rotatable bonds is 6. The number of carbonyl (C=O) groups is 1. The van der Waals surface area contributed by atoms with Crippen molar-refractivity contribution in [2.24, 2.45) is 5.92 Å². The van der Waals surface area contributed by atoms with E-state index in [9.17, 15) is 13.2 Å². The third-order valence-corrected chi connectivity index (χ3v) is 6.38. The number of aromatic nitrogens is 1. The van der Waals surface area contributed by atoms with Gasteiger partial charge < -0.3 is 9.88 Å². The van der Waals surface area contributed by atoms with Crippen LogP contribution >= 0.6 is 11.6 Å². The average Bonchev–Trinajstić information content (AvgIpc) is 3.04. The van der Waals surface area contributed by atoms with Crippen molar-refractivity contribution in [2.45, 2.75) is 18.9 Å². The van der Waals surface area contributed by atoms with Crippen molar-refractivity contribution in [3.63, 3.8) is 0 Å². The van der Waals surface area contributed by atoms with Crippen LogP contribution in [0.15, 0.2) is 42.5 Å². The molecule has 0 aliphatic heterocycles. The van der Waals surface area contributed by atoms with Gasteiger partial charge in [0, 0.05) is 39.3 Å². The van der Waals surface area contributed by atoms with E-state index < -0.39 is 16.2 Å². The fraction of sp³-hybridized carbons (Fsp3) is 0.348. The summed E-state index contributed by atoms with van der Waals surface area (Å²) < 4.78 is 29.2. The van der Waals surface area contributed by atoms with Gasteiger partial charge in [-0.15, -0.1) is 0 Å². The van der Waals surface area contributed by atoms with Crippen LogP contribution in [0.3, 0.4) is 0 Å². The number of hydrogen-bond acceptors (Lipinski definition) is 5. The third kappa shape index (κ3) is 4.85. The molecule has 6 nitrogen and oxygen atoms in total. The number of carbonyl (C=O) groups excluding carboxylic acids is 1. The van der Waals surface area contributed by atoms with Crippen molar-refractivity contribution >= 4 is 38.4 Å². The Balaban J connectivity index is 1.78. The van der Waals surface area contributed by atoms with Gasteiger partial charge in [-0.1, -0.05) is 23.7 Å². The molecule has 2 atom stereocenters. The quantitative estimate of drug-likeness (QED) is 0.440. The molecule has 2 aromatic carbocycles. The molecule has 1 N–H and O–H groups in total. The Hall–Kier alpha value is -2.19. The van der Waals surface area contributed by atoms with E-state index in [1.165, 1.54) is 0 Å². The number of nitrogens with zero attached hydrogens (tertiary/aromatic N) is 1. The summed E-state index contributed by atoms with van der Waals surface area (Å²) in [6, 6.07) is 12.4. The first-order valence-electron chi connectivity index (χ1n) is 10.1. The summed E-state index contributed by atoms with van der Waals surface area (Å²) in [7, 11) is 0.380. The zero-order valence-electron chi connectivity index (χ0n) is 17.7. The lowest BCUT2D eigenvalue weighted by Crippen LogP contribution is -2.29. The van der Waals surface area contributed by atoms with Crippen LogP contribution in [0, 0.1) is 5.92 Å². The maximum absolute atomic E-state index is 13.0. The van der Waals surface area contributed by atoms with E-state index in [-0.39, 0.29) is 11.7 Å². The van der Waals surface area contributed by atoms with E-state index >= 15 is 0 Å². The number of hydrogen-bond donors (Lipinski definition) is 1. The van der Waals surface area contributed by atoms with E-state index in [0.29, 0.717) is 22.6 Å². The molecule has 0 saturated heterocycles. The van der Waals surface area contributed by atoms with E-state index in [0.717, 1.165) is 41.4 Å². The Bertz CT molecular complexity index is 1250. The van der Waals surface area contributed by atoms with E-state index in [1.54, 1.807) is 30.3 Å². The monoisotopic (exact) mass is 460 g/mol. The predicted molar refractivity (Wildman–Crippen MR) is 122 cm³/mol. The highest BCUT2D eigenvalue weighted by Gasteiger charge is 2.33. The van der Waals surface area contributed by atoms with Crippen molar-refractivity contribution in [1.82, 2.24) is 9.88 Å². The molecule has 1 heterocycles. The molecule has 1 aliphatic carbocycles. The minimum absolute atomic E-state index is 0.107. The highest BCUT2D eigenvalue weighted by Crippen LogP contribution is 2.40. The van der Waals surface area contributed by atoms with Gasteiger partial charge in [0.15, 0.2) is 5.78 Å². The normalized spacial score (nSPS) is 19.0. The predicted octanol–water partition coefficient (Wildman–Crippen LogP) is 4.19. The molecular weight excluding hydrogens is 436 g/mol. The van der Waals surface area contributed by atoms with Crippen molar-refractivity contribution in [3.05, 3.63) is 69.9 Å². The van der Waals surface area contributed by atoms with Gasteiger partial charge in [0.2, 0.25) is 0 Å². The molecule has 0 spiro atoms. The molecule has 0 bridgehead atoms. The van der Waals surface area contributed by atoms with Crippen LogP contribution in [-0.2, 0) is 20.7 Å². The molecule has 3 aromatic rings. The highest BCUT2D eigenvalue weighted by atomic mass is 35.5. The summed E-state index contributed by atoms with van der Waals surface area (Å²) in [5, 5.41) is 1.44. The highest BCUT2D eigenvalue weighted by molar-refractivity contribution is 7.86. The van der Waals surface area contributed by atoms with Crippen LogP contribution in [-0.4, -0.2) is 51.0 Å². The van der Waals surface area contributed by atoms with Crippen molar-refractivity contribution in [3.8, 4) is 0 Å². The molecule has 0 saturated carbocycles. The number of ketones is 1. The van der Waals surface area contributed by atoms with E-state index in [1.807, 2.05) is 26.2 Å². The van der Waals surface area contributed by atoms with Crippen LogP contribution in [0.25, 0.3) is 10.9 Å². The summed E-state index contributed by atoms with van der Waals surface area (Å²) in [5.74, 6) is 0.129. The number of nitrogens with one attached hydrogen (secondary N) is 1. The fourth-order valence-corrected chi connectivity index (χ4v) is 5.23. The summed E-state index contributed by atoms with van der Waals surface area (Å²) in [6.45, 7) is 0.816. The largest absolute Gasteiger partial charge is 0.356 e.